The highest BCUT2D eigenvalue weighted by atomic mass is 127. The standard InChI is InChI=1S/C19H29N5O2.HI/c1-4-18(26)24-12-10-17(13-24)23-19(20-3)21-11-9-15-5-7-16(8-6-15)22-14(2)25;/h5-8,17H,4,9-13H2,1-3H3,(H,22,25)(H2,20,21,23);1H. The number of carbonyl (C=O) groups excluding carboxylic acids is 2. The second kappa shape index (κ2) is 11.8. The van der Waals surface area contributed by atoms with Gasteiger partial charge in [-0.25, -0.2) is 0 Å². The summed E-state index contributed by atoms with van der Waals surface area (Å²) in [7, 11) is 1.75. The molecule has 0 radical (unpaired) electrons. The van der Waals surface area contributed by atoms with E-state index in [-0.39, 0.29) is 41.8 Å². The zero-order valence-corrected chi connectivity index (χ0v) is 18.6. The maximum atomic E-state index is 11.8. The van der Waals surface area contributed by atoms with Crippen molar-refractivity contribution in [1.82, 2.24) is 15.5 Å². The quantitative estimate of drug-likeness (QED) is 0.326. The van der Waals surface area contributed by atoms with E-state index in [1.165, 1.54) is 12.5 Å². The van der Waals surface area contributed by atoms with Gasteiger partial charge < -0.3 is 20.9 Å². The summed E-state index contributed by atoms with van der Waals surface area (Å²) in [5.74, 6) is 0.899. The highest BCUT2D eigenvalue weighted by molar-refractivity contribution is 14.0. The van der Waals surface area contributed by atoms with E-state index in [0.29, 0.717) is 6.42 Å². The maximum absolute atomic E-state index is 11.8. The van der Waals surface area contributed by atoms with Crippen molar-refractivity contribution in [3.63, 3.8) is 0 Å². The van der Waals surface area contributed by atoms with Crippen molar-refractivity contribution in [2.45, 2.75) is 39.2 Å². The van der Waals surface area contributed by atoms with Crippen LogP contribution in [0.2, 0.25) is 0 Å². The Morgan fingerprint density at radius 1 is 1.26 bits per heavy atom. The monoisotopic (exact) mass is 487 g/mol. The van der Waals surface area contributed by atoms with Crippen molar-refractivity contribution in [2.75, 3.05) is 32.0 Å². The van der Waals surface area contributed by atoms with Crippen LogP contribution in [0.15, 0.2) is 29.3 Å². The third-order valence-electron chi connectivity index (χ3n) is 4.39. The van der Waals surface area contributed by atoms with Gasteiger partial charge in [0.25, 0.3) is 0 Å². The average Bonchev–Trinajstić information content (AvgIpc) is 3.09. The van der Waals surface area contributed by atoms with Crippen molar-refractivity contribution in [3.8, 4) is 0 Å². The molecule has 7 nitrogen and oxygen atoms in total. The third-order valence-corrected chi connectivity index (χ3v) is 4.39. The van der Waals surface area contributed by atoms with Crippen molar-refractivity contribution < 1.29 is 9.59 Å². The number of anilines is 1. The Kier molecular flexibility index (Phi) is 10.1. The maximum Gasteiger partial charge on any atom is 0.222 e. The molecular formula is C19H30IN5O2. The molecule has 0 aromatic heterocycles. The Hall–Kier alpha value is -1.84. The minimum atomic E-state index is -0.0691. The first-order valence-electron chi connectivity index (χ1n) is 9.13. The number of benzene rings is 1. The SMILES string of the molecule is CCC(=O)N1CCC(NC(=NC)NCCc2ccc(NC(C)=O)cc2)C1.I. The fourth-order valence-electron chi connectivity index (χ4n) is 3.00. The van der Waals surface area contributed by atoms with Gasteiger partial charge in [0.15, 0.2) is 5.96 Å². The molecule has 1 fully saturated rings. The zero-order chi connectivity index (χ0) is 18.9. The van der Waals surface area contributed by atoms with E-state index in [1.807, 2.05) is 36.1 Å². The highest BCUT2D eigenvalue weighted by Crippen LogP contribution is 2.11. The smallest absolute Gasteiger partial charge is 0.222 e. The number of carbonyl (C=O) groups is 2. The first-order chi connectivity index (χ1) is 12.5. The molecule has 1 aromatic carbocycles. The van der Waals surface area contributed by atoms with Crippen LogP contribution in [0.3, 0.4) is 0 Å². The lowest BCUT2D eigenvalue weighted by Gasteiger charge is -2.18. The summed E-state index contributed by atoms with van der Waals surface area (Å²) < 4.78 is 0. The van der Waals surface area contributed by atoms with Crippen molar-refractivity contribution in [1.29, 1.82) is 0 Å². The van der Waals surface area contributed by atoms with Crippen LogP contribution in [0.25, 0.3) is 0 Å². The molecule has 1 aliphatic rings. The van der Waals surface area contributed by atoms with Gasteiger partial charge in [-0.3, -0.25) is 14.6 Å². The molecule has 1 aromatic rings. The van der Waals surface area contributed by atoms with Crippen LogP contribution in [0, 0.1) is 0 Å². The van der Waals surface area contributed by atoms with Crippen molar-refractivity contribution in [3.05, 3.63) is 29.8 Å². The van der Waals surface area contributed by atoms with E-state index in [2.05, 4.69) is 20.9 Å². The summed E-state index contributed by atoms with van der Waals surface area (Å²) in [5, 5.41) is 9.46. The molecule has 0 saturated carbocycles. The van der Waals surface area contributed by atoms with E-state index in [1.54, 1.807) is 7.05 Å². The first kappa shape index (κ1) is 23.2. The van der Waals surface area contributed by atoms with Crippen LogP contribution in [0.4, 0.5) is 5.69 Å². The topological polar surface area (TPSA) is 85.8 Å². The molecule has 2 amide bonds. The van der Waals surface area contributed by atoms with Gasteiger partial charge in [0.2, 0.25) is 11.8 Å². The minimum Gasteiger partial charge on any atom is -0.356 e. The fourth-order valence-corrected chi connectivity index (χ4v) is 3.00. The van der Waals surface area contributed by atoms with Crippen molar-refractivity contribution >= 4 is 47.4 Å². The normalized spacial score (nSPS) is 16.5. The molecular weight excluding hydrogens is 457 g/mol. The van der Waals surface area contributed by atoms with E-state index in [9.17, 15) is 9.59 Å². The summed E-state index contributed by atoms with van der Waals surface area (Å²) in [4.78, 5) is 29.0. The Balaban J connectivity index is 0.00000364. The summed E-state index contributed by atoms with van der Waals surface area (Å²) in [5.41, 5.74) is 1.99. The molecule has 0 aliphatic carbocycles. The number of likely N-dealkylation sites (tertiary alicyclic amines) is 1. The summed E-state index contributed by atoms with van der Waals surface area (Å²) in [6.45, 7) is 5.69. The second-order valence-electron chi connectivity index (χ2n) is 6.45. The van der Waals surface area contributed by atoms with Crippen LogP contribution in [-0.2, 0) is 16.0 Å². The van der Waals surface area contributed by atoms with E-state index >= 15 is 0 Å². The number of nitrogens with one attached hydrogen (secondary N) is 3. The molecule has 1 saturated heterocycles. The lowest BCUT2D eigenvalue weighted by molar-refractivity contribution is -0.129. The Bertz CT molecular complexity index is 648. The van der Waals surface area contributed by atoms with Crippen LogP contribution < -0.4 is 16.0 Å². The molecule has 3 N–H and O–H groups in total. The molecule has 1 atom stereocenters. The molecule has 1 heterocycles. The predicted octanol–water partition coefficient (Wildman–Crippen LogP) is 1.98. The first-order valence-corrected chi connectivity index (χ1v) is 9.13. The molecule has 0 bridgehead atoms. The van der Waals surface area contributed by atoms with Gasteiger partial charge in [0.05, 0.1) is 0 Å². The van der Waals surface area contributed by atoms with Gasteiger partial charge in [-0.2, -0.15) is 0 Å². The number of guanidine groups is 1. The van der Waals surface area contributed by atoms with Crippen LogP contribution >= 0.6 is 24.0 Å². The zero-order valence-electron chi connectivity index (χ0n) is 16.2. The summed E-state index contributed by atoms with van der Waals surface area (Å²) >= 11 is 0. The minimum absolute atomic E-state index is 0. The molecule has 0 spiro atoms. The Morgan fingerprint density at radius 3 is 2.56 bits per heavy atom. The number of halogens is 1. The van der Waals surface area contributed by atoms with E-state index < -0.39 is 0 Å². The molecule has 2 rings (SSSR count). The number of aliphatic imine (C=N–C) groups is 1. The number of hydrogen-bond acceptors (Lipinski definition) is 3. The number of nitrogens with zero attached hydrogens (tertiary/aromatic N) is 2. The second-order valence-corrected chi connectivity index (χ2v) is 6.45. The van der Waals surface area contributed by atoms with Crippen LogP contribution in [-0.4, -0.2) is 55.4 Å². The van der Waals surface area contributed by atoms with Gasteiger partial charge in [-0.1, -0.05) is 19.1 Å². The molecule has 8 heteroatoms. The Labute approximate surface area is 178 Å². The number of hydrogen-bond donors (Lipinski definition) is 3. The summed E-state index contributed by atoms with van der Waals surface area (Å²) in [6, 6.07) is 8.07. The lowest BCUT2D eigenvalue weighted by Crippen LogP contribution is -2.45. The number of amides is 2. The highest BCUT2D eigenvalue weighted by Gasteiger charge is 2.25. The lowest BCUT2D eigenvalue weighted by atomic mass is 10.1. The molecule has 1 aliphatic heterocycles. The Morgan fingerprint density at radius 2 is 1.96 bits per heavy atom. The predicted molar refractivity (Wildman–Crippen MR) is 120 cm³/mol. The fraction of sp³-hybridized carbons (Fsp3) is 0.526. The van der Waals surface area contributed by atoms with Crippen LogP contribution in [0.5, 0.6) is 0 Å². The molecule has 1 unspecified atom stereocenters. The van der Waals surface area contributed by atoms with Crippen molar-refractivity contribution in [2.24, 2.45) is 4.99 Å². The van der Waals surface area contributed by atoms with Gasteiger partial charge in [0, 0.05) is 51.8 Å². The van der Waals surface area contributed by atoms with Gasteiger partial charge in [-0.05, 0) is 30.5 Å². The molecule has 27 heavy (non-hydrogen) atoms. The molecule has 150 valence electrons. The van der Waals surface area contributed by atoms with E-state index in [4.69, 9.17) is 0 Å². The average molecular weight is 487 g/mol. The third kappa shape index (κ3) is 7.74. The van der Waals surface area contributed by atoms with E-state index in [0.717, 1.165) is 44.1 Å². The largest absolute Gasteiger partial charge is 0.356 e. The number of rotatable bonds is 6. The van der Waals surface area contributed by atoms with Gasteiger partial charge in [-0.15, -0.1) is 24.0 Å². The summed E-state index contributed by atoms with van der Waals surface area (Å²) in [6.07, 6.45) is 2.35. The van der Waals surface area contributed by atoms with Gasteiger partial charge >= 0.3 is 0 Å². The van der Waals surface area contributed by atoms with Gasteiger partial charge in [0.1, 0.15) is 0 Å². The van der Waals surface area contributed by atoms with Crippen LogP contribution in [0.1, 0.15) is 32.3 Å².